The van der Waals surface area contributed by atoms with Gasteiger partial charge in [0.2, 0.25) is 0 Å². The van der Waals surface area contributed by atoms with Crippen molar-refractivity contribution in [3.05, 3.63) is 52.2 Å². The number of nitrogens with zero attached hydrogens (tertiary/aromatic N) is 3. The molecule has 0 aliphatic rings. The third-order valence-electron chi connectivity index (χ3n) is 2.50. The van der Waals surface area contributed by atoms with Crippen molar-refractivity contribution in [3.8, 4) is 5.75 Å². The van der Waals surface area contributed by atoms with Gasteiger partial charge in [0.15, 0.2) is 0 Å². The number of hydrogen-bond donors (Lipinski definition) is 1. The summed E-state index contributed by atoms with van der Waals surface area (Å²) < 4.78 is 6.61. The average Bonchev–Trinajstić information content (AvgIpc) is 2.39. The maximum absolute atomic E-state index is 11.9. The second-order valence-corrected chi connectivity index (χ2v) is 4.19. The molecule has 2 rings (SSSR count). The van der Waals surface area contributed by atoms with E-state index in [-0.39, 0.29) is 5.56 Å². The summed E-state index contributed by atoms with van der Waals surface area (Å²) in [5, 5.41) is 4.07. The molecule has 0 unspecified atom stereocenters. The summed E-state index contributed by atoms with van der Waals surface area (Å²) in [5.74, 6) is 0.439. The molecule has 0 fully saturated rings. The van der Waals surface area contributed by atoms with Gasteiger partial charge in [-0.15, -0.1) is 0 Å². The van der Waals surface area contributed by atoms with Crippen LogP contribution in [0, 0.1) is 6.92 Å². The molecule has 0 saturated carbocycles. The Morgan fingerprint density at radius 1 is 1.32 bits per heavy atom. The smallest absolute Gasteiger partial charge is 0.270 e. The van der Waals surface area contributed by atoms with Crippen LogP contribution in [0.15, 0.2) is 35.5 Å². The molecule has 0 amide bonds. The van der Waals surface area contributed by atoms with Crippen LogP contribution in [0.2, 0.25) is 0 Å². The van der Waals surface area contributed by atoms with Gasteiger partial charge in [-0.3, -0.25) is 9.78 Å². The van der Waals surface area contributed by atoms with Crippen LogP contribution in [0.5, 0.6) is 5.75 Å². The van der Waals surface area contributed by atoms with Crippen molar-refractivity contribution >= 4 is 0 Å². The first-order valence-electron chi connectivity index (χ1n) is 5.99. The Bertz CT molecular complexity index is 610. The van der Waals surface area contributed by atoms with Gasteiger partial charge in [0.05, 0.1) is 12.7 Å². The van der Waals surface area contributed by atoms with E-state index < -0.39 is 0 Å². The van der Waals surface area contributed by atoms with Gasteiger partial charge in [-0.25, -0.2) is 4.68 Å². The number of rotatable bonds is 5. The van der Waals surface area contributed by atoms with Crippen molar-refractivity contribution in [1.82, 2.24) is 14.8 Å². The molecule has 0 radical (unpaired) electrons. The van der Waals surface area contributed by atoms with Crippen LogP contribution in [-0.2, 0) is 6.54 Å². The highest BCUT2D eigenvalue weighted by molar-refractivity contribution is 5.18. The molecule has 0 bridgehead atoms. The lowest BCUT2D eigenvalue weighted by atomic mass is 10.2. The molecule has 2 aromatic heterocycles. The molecule has 0 saturated heterocycles. The standard InChI is InChI=1S/C13H16N4O2/c1-10-4-11(7-15-6-10)9-17-13(18)5-12(8-16-17)19-3-2-14/h4-8H,2-3,9,14H2,1H3. The average molecular weight is 260 g/mol. The van der Waals surface area contributed by atoms with Gasteiger partial charge in [0.1, 0.15) is 12.4 Å². The summed E-state index contributed by atoms with van der Waals surface area (Å²) in [4.78, 5) is 15.9. The van der Waals surface area contributed by atoms with Gasteiger partial charge in [0, 0.05) is 25.0 Å². The Morgan fingerprint density at radius 3 is 2.84 bits per heavy atom. The fourth-order valence-electron chi connectivity index (χ4n) is 1.67. The van der Waals surface area contributed by atoms with Crippen molar-refractivity contribution in [2.24, 2.45) is 5.73 Å². The Morgan fingerprint density at radius 2 is 2.16 bits per heavy atom. The quantitative estimate of drug-likeness (QED) is 0.837. The van der Waals surface area contributed by atoms with Crippen LogP contribution in [-0.4, -0.2) is 27.9 Å². The van der Waals surface area contributed by atoms with Crippen molar-refractivity contribution in [2.75, 3.05) is 13.2 Å². The predicted molar refractivity (Wildman–Crippen MR) is 71.1 cm³/mol. The molecular formula is C13H16N4O2. The highest BCUT2D eigenvalue weighted by Crippen LogP contribution is 2.05. The van der Waals surface area contributed by atoms with E-state index in [1.54, 1.807) is 12.4 Å². The molecular weight excluding hydrogens is 244 g/mol. The summed E-state index contributed by atoms with van der Waals surface area (Å²) in [6.45, 7) is 3.12. The fraction of sp³-hybridized carbons (Fsp3) is 0.308. The molecule has 19 heavy (non-hydrogen) atoms. The van der Waals surface area contributed by atoms with E-state index in [9.17, 15) is 4.79 Å². The minimum atomic E-state index is -0.212. The van der Waals surface area contributed by atoms with Crippen LogP contribution >= 0.6 is 0 Å². The van der Waals surface area contributed by atoms with Gasteiger partial charge >= 0.3 is 0 Å². The molecule has 0 aromatic carbocycles. The zero-order valence-electron chi connectivity index (χ0n) is 10.7. The zero-order valence-corrected chi connectivity index (χ0v) is 10.7. The maximum atomic E-state index is 11.9. The number of hydrogen-bond acceptors (Lipinski definition) is 5. The van der Waals surface area contributed by atoms with Gasteiger partial charge < -0.3 is 10.5 Å². The second kappa shape index (κ2) is 6.10. The zero-order chi connectivity index (χ0) is 13.7. The molecule has 100 valence electrons. The van der Waals surface area contributed by atoms with Crippen LogP contribution in [0.1, 0.15) is 11.1 Å². The van der Waals surface area contributed by atoms with Gasteiger partial charge in [-0.1, -0.05) is 6.07 Å². The summed E-state index contributed by atoms with van der Waals surface area (Å²) in [6.07, 6.45) is 5.00. The lowest BCUT2D eigenvalue weighted by Crippen LogP contribution is -2.23. The summed E-state index contributed by atoms with van der Waals surface area (Å²) in [5.41, 5.74) is 7.10. The van der Waals surface area contributed by atoms with Crippen molar-refractivity contribution in [1.29, 1.82) is 0 Å². The van der Waals surface area contributed by atoms with E-state index in [1.807, 2.05) is 13.0 Å². The second-order valence-electron chi connectivity index (χ2n) is 4.19. The molecule has 0 aliphatic carbocycles. The monoisotopic (exact) mass is 260 g/mol. The molecule has 0 spiro atoms. The van der Waals surface area contributed by atoms with E-state index >= 15 is 0 Å². The molecule has 0 atom stereocenters. The number of ether oxygens (including phenoxy) is 1. The molecule has 6 heteroatoms. The summed E-state index contributed by atoms with van der Waals surface area (Å²) in [7, 11) is 0. The lowest BCUT2D eigenvalue weighted by molar-refractivity contribution is 0.324. The fourth-order valence-corrected chi connectivity index (χ4v) is 1.67. The first-order chi connectivity index (χ1) is 9.19. The summed E-state index contributed by atoms with van der Waals surface area (Å²) in [6, 6.07) is 3.38. The third kappa shape index (κ3) is 3.62. The minimum absolute atomic E-state index is 0.212. The van der Waals surface area contributed by atoms with Crippen molar-refractivity contribution in [2.45, 2.75) is 13.5 Å². The third-order valence-corrected chi connectivity index (χ3v) is 2.50. The molecule has 2 aromatic rings. The van der Waals surface area contributed by atoms with Crippen LogP contribution in [0.3, 0.4) is 0 Å². The van der Waals surface area contributed by atoms with E-state index in [2.05, 4.69) is 10.1 Å². The summed E-state index contributed by atoms with van der Waals surface area (Å²) >= 11 is 0. The largest absolute Gasteiger partial charge is 0.490 e. The minimum Gasteiger partial charge on any atom is -0.490 e. The van der Waals surface area contributed by atoms with Crippen LogP contribution in [0.4, 0.5) is 0 Å². The predicted octanol–water partition coefficient (Wildman–Crippen LogP) is 0.333. The van der Waals surface area contributed by atoms with E-state index in [1.165, 1.54) is 16.9 Å². The number of aromatic nitrogens is 3. The van der Waals surface area contributed by atoms with E-state index in [0.717, 1.165) is 11.1 Å². The van der Waals surface area contributed by atoms with Crippen molar-refractivity contribution in [3.63, 3.8) is 0 Å². The Labute approximate surface area is 110 Å². The Hall–Kier alpha value is -2.21. The molecule has 6 nitrogen and oxygen atoms in total. The molecule has 0 aliphatic heterocycles. The van der Waals surface area contributed by atoms with Gasteiger partial charge in [-0.2, -0.15) is 5.10 Å². The van der Waals surface area contributed by atoms with Gasteiger partial charge in [0.25, 0.3) is 5.56 Å². The van der Waals surface area contributed by atoms with Crippen LogP contribution < -0.4 is 16.0 Å². The molecule has 2 N–H and O–H groups in total. The van der Waals surface area contributed by atoms with Crippen molar-refractivity contribution < 1.29 is 4.74 Å². The highest BCUT2D eigenvalue weighted by atomic mass is 16.5. The molecule has 2 heterocycles. The first kappa shape index (κ1) is 13.2. The SMILES string of the molecule is Cc1cncc(Cn2ncc(OCCN)cc2=O)c1. The lowest BCUT2D eigenvalue weighted by Gasteiger charge is -2.07. The van der Waals surface area contributed by atoms with E-state index in [4.69, 9.17) is 10.5 Å². The highest BCUT2D eigenvalue weighted by Gasteiger charge is 2.02. The number of pyridine rings is 1. The topological polar surface area (TPSA) is 83.0 Å². The van der Waals surface area contributed by atoms with Gasteiger partial charge in [-0.05, 0) is 18.1 Å². The number of aryl methyl sites for hydroxylation is 1. The Balaban J connectivity index is 2.15. The first-order valence-corrected chi connectivity index (χ1v) is 5.99. The van der Waals surface area contributed by atoms with Crippen LogP contribution in [0.25, 0.3) is 0 Å². The Kier molecular flexibility index (Phi) is 4.25. The number of nitrogens with two attached hydrogens (primary N) is 1. The van der Waals surface area contributed by atoms with E-state index in [0.29, 0.717) is 25.4 Å². The normalized spacial score (nSPS) is 10.4. The maximum Gasteiger partial charge on any atom is 0.270 e.